The van der Waals surface area contributed by atoms with E-state index in [9.17, 15) is 9.59 Å². The molecule has 1 saturated heterocycles. The third-order valence-corrected chi connectivity index (χ3v) is 6.57. The van der Waals surface area contributed by atoms with Crippen molar-refractivity contribution < 1.29 is 19.1 Å². The van der Waals surface area contributed by atoms with Crippen LogP contribution in [0.5, 0.6) is 0 Å². The Morgan fingerprint density at radius 3 is 2.42 bits per heavy atom. The topological polar surface area (TPSA) is 64.6 Å². The fourth-order valence-corrected chi connectivity index (χ4v) is 4.18. The number of carbonyl (C=O) groups excluding carboxylic acids is 2. The largest absolute Gasteiger partial charge is 0.445 e. The van der Waals surface area contributed by atoms with Gasteiger partial charge in [-0.3, -0.25) is 4.79 Å². The molecule has 1 N–H and O–H groups in total. The fraction of sp³-hybridized carbons (Fsp3) is 0.412. The Labute approximate surface area is 170 Å². The zero-order chi connectivity index (χ0) is 19.2. The van der Waals surface area contributed by atoms with E-state index in [0.717, 1.165) is 5.56 Å². The molecule has 0 unspecified atom stereocenters. The van der Waals surface area contributed by atoms with Crippen LogP contribution < -0.4 is 5.32 Å². The number of fused-ring (bicyclic) bond motifs is 2. The van der Waals surface area contributed by atoms with Gasteiger partial charge in [0.05, 0.1) is 6.54 Å². The number of Topliss-reactive ketones (excluding diaryl/α,β-unsaturated/α-hetero) is 1. The molecule has 0 spiro atoms. The van der Waals surface area contributed by atoms with E-state index < -0.39 is 31.7 Å². The number of alkyl carbamates (subject to hydrolysis) is 1. The Morgan fingerprint density at radius 1 is 1.12 bits per heavy atom. The average Bonchev–Trinajstić information content (AvgIpc) is 2.97. The van der Waals surface area contributed by atoms with Gasteiger partial charge in [-0.2, -0.15) is 0 Å². The molecule has 0 aliphatic carbocycles. The first kappa shape index (κ1) is 19.8. The highest BCUT2D eigenvalue weighted by Crippen LogP contribution is 2.59. The molecule has 2 heterocycles. The highest BCUT2D eigenvalue weighted by molar-refractivity contribution is 6.70. The molecule has 0 saturated carbocycles. The van der Waals surface area contributed by atoms with Gasteiger partial charge in [0.15, 0.2) is 0 Å². The van der Waals surface area contributed by atoms with Gasteiger partial charge in [0.1, 0.15) is 17.8 Å². The van der Waals surface area contributed by atoms with Crippen LogP contribution in [0.3, 0.4) is 0 Å². The Hall–Kier alpha value is -0.980. The molecule has 1 fully saturated rings. The fourth-order valence-electron chi connectivity index (χ4n) is 2.88. The van der Waals surface area contributed by atoms with Crippen LogP contribution in [0, 0.1) is 0 Å². The molecule has 2 bridgehead atoms. The van der Waals surface area contributed by atoms with E-state index in [0.29, 0.717) is 0 Å². The number of alkyl halides is 4. The zero-order valence-electron chi connectivity index (χ0n) is 13.6. The second-order valence-corrected chi connectivity index (χ2v) is 8.98. The summed E-state index contributed by atoms with van der Waals surface area (Å²) < 4.78 is 6.94. The van der Waals surface area contributed by atoms with E-state index in [1.165, 1.54) is 12.2 Å². The van der Waals surface area contributed by atoms with Crippen LogP contribution in [0.2, 0.25) is 0 Å². The molecule has 2 aliphatic heterocycles. The number of rotatable bonds is 4. The van der Waals surface area contributed by atoms with Crippen LogP contribution in [0.25, 0.3) is 0 Å². The molecule has 3 rings (SSSR count). The van der Waals surface area contributed by atoms with Crippen molar-refractivity contribution in [3.8, 4) is 0 Å². The summed E-state index contributed by atoms with van der Waals surface area (Å²) in [5.41, 5.74) is -2.01. The smallest absolute Gasteiger partial charge is 0.407 e. The van der Waals surface area contributed by atoms with Gasteiger partial charge in [0.2, 0.25) is 14.4 Å². The monoisotopic (exact) mass is 437 g/mol. The maximum Gasteiger partial charge on any atom is 0.407 e. The van der Waals surface area contributed by atoms with Gasteiger partial charge in [-0.1, -0.05) is 82.8 Å². The number of hydrogen-bond donors (Lipinski definition) is 1. The number of benzene rings is 1. The molecule has 26 heavy (non-hydrogen) atoms. The minimum absolute atomic E-state index is 0.0897. The van der Waals surface area contributed by atoms with Crippen molar-refractivity contribution in [3.63, 3.8) is 0 Å². The first-order chi connectivity index (χ1) is 12.0. The molecule has 1 amide bonds. The Balaban J connectivity index is 1.69. The van der Waals surface area contributed by atoms with E-state index in [4.69, 9.17) is 55.9 Å². The number of halogens is 4. The molecular formula is C17H15Cl4NO4. The molecule has 2 aliphatic rings. The van der Waals surface area contributed by atoms with Crippen LogP contribution in [0.1, 0.15) is 12.5 Å². The van der Waals surface area contributed by atoms with Crippen molar-refractivity contribution in [1.29, 1.82) is 0 Å². The van der Waals surface area contributed by atoms with Crippen molar-refractivity contribution in [1.82, 2.24) is 5.32 Å². The summed E-state index contributed by atoms with van der Waals surface area (Å²) in [7, 11) is 0. The minimum Gasteiger partial charge on any atom is -0.445 e. The number of ether oxygens (including phenoxy) is 2. The normalized spacial score (nSPS) is 30.9. The number of ketones is 1. The number of nitrogens with one attached hydrogen (secondary N) is 1. The average molecular weight is 439 g/mol. The summed E-state index contributed by atoms with van der Waals surface area (Å²) in [6, 6.07) is 9.17. The highest BCUT2D eigenvalue weighted by Gasteiger charge is 2.73. The highest BCUT2D eigenvalue weighted by atomic mass is 35.5. The third kappa shape index (κ3) is 3.00. The number of carbonyl (C=O) groups is 2. The van der Waals surface area contributed by atoms with Gasteiger partial charge in [-0.25, -0.2) is 4.79 Å². The van der Waals surface area contributed by atoms with Crippen LogP contribution in [0.4, 0.5) is 4.79 Å². The van der Waals surface area contributed by atoms with E-state index in [1.807, 2.05) is 30.3 Å². The molecule has 140 valence electrons. The molecule has 9 heteroatoms. The van der Waals surface area contributed by atoms with E-state index in [2.05, 4.69) is 5.32 Å². The zero-order valence-corrected chi connectivity index (χ0v) is 16.6. The van der Waals surface area contributed by atoms with Crippen LogP contribution in [0.15, 0.2) is 42.5 Å². The summed E-state index contributed by atoms with van der Waals surface area (Å²) in [6.45, 7) is 1.43. The van der Waals surface area contributed by atoms with Crippen LogP contribution >= 0.6 is 46.4 Å². The van der Waals surface area contributed by atoms with Crippen LogP contribution in [-0.2, 0) is 20.9 Å². The van der Waals surface area contributed by atoms with Crippen molar-refractivity contribution in [2.45, 2.75) is 33.4 Å². The molecule has 0 radical (unpaired) electrons. The second-order valence-electron chi connectivity index (χ2n) is 6.33. The molecular weight excluding hydrogens is 424 g/mol. The lowest BCUT2D eigenvalue weighted by Gasteiger charge is -2.50. The minimum atomic E-state index is -2.09. The van der Waals surface area contributed by atoms with Gasteiger partial charge in [0, 0.05) is 0 Å². The third-order valence-electron chi connectivity index (χ3n) is 4.50. The predicted molar refractivity (Wildman–Crippen MR) is 99.9 cm³/mol. The SMILES string of the molecule is C[C@@]12C=C[C@](CNC(=O)OCc3ccccc3)(O1)C(Cl)(Cl)C(=O)C2(Cl)Cl. The molecule has 1 aromatic carbocycles. The molecule has 0 aromatic heterocycles. The number of hydrogen-bond acceptors (Lipinski definition) is 4. The first-order valence-corrected chi connectivity index (χ1v) is 9.21. The van der Waals surface area contributed by atoms with Crippen LogP contribution in [-0.4, -0.2) is 38.3 Å². The van der Waals surface area contributed by atoms with Gasteiger partial charge < -0.3 is 14.8 Å². The summed E-state index contributed by atoms with van der Waals surface area (Å²) in [5.74, 6) is -0.810. The second kappa shape index (κ2) is 6.57. The standard InChI is InChI=1S/C17H15Cl4NO4/c1-14-7-8-15(26-14,17(20,21)12(23)16(14,18)19)10-22-13(24)25-9-11-5-3-2-4-6-11/h2-8H,9-10H2,1H3,(H,22,24)/t14-,15+/m0/s1. The van der Waals surface area contributed by atoms with E-state index in [-0.39, 0.29) is 13.2 Å². The van der Waals surface area contributed by atoms with Gasteiger partial charge in [-0.05, 0) is 18.6 Å². The lowest BCUT2D eigenvalue weighted by molar-refractivity contribution is -0.155. The molecule has 5 nitrogen and oxygen atoms in total. The Kier molecular flexibility index (Phi) is 5.00. The Morgan fingerprint density at radius 2 is 1.77 bits per heavy atom. The lowest BCUT2D eigenvalue weighted by atomic mass is 9.89. The van der Waals surface area contributed by atoms with Crippen molar-refractivity contribution >= 4 is 58.3 Å². The summed E-state index contributed by atoms with van der Waals surface area (Å²) in [5, 5.41) is 2.52. The lowest BCUT2D eigenvalue weighted by Crippen LogP contribution is -2.70. The summed E-state index contributed by atoms with van der Waals surface area (Å²) in [6.07, 6.45) is 2.31. The summed E-state index contributed by atoms with van der Waals surface area (Å²) >= 11 is 24.8. The van der Waals surface area contributed by atoms with E-state index >= 15 is 0 Å². The van der Waals surface area contributed by atoms with Crippen molar-refractivity contribution in [2.24, 2.45) is 0 Å². The van der Waals surface area contributed by atoms with Crippen molar-refractivity contribution in [2.75, 3.05) is 6.54 Å². The quantitative estimate of drug-likeness (QED) is 0.571. The maximum atomic E-state index is 12.6. The van der Waals surface area contributed by atoms with E-state index in [1.54, 1.807) is 6.92 Å². The number of amides is 1. The molecule has 2 atom stereocenters. The van der Waals surface area contributed by atoms with Gasteiger partial charge in [-0.15, -0.1) is 0 Å². The predicted octanol–water partition coefficient (Wildman–Crippen LogP) is 3.93. The first-order valence-electron chi connectivity index (χ1n) is 7.70. The maximum absolute atomic E-state index is 12.6. The Bertz CT molecular complexity index is 767. The summed E-state index contributed by atoms with van der Waals surface area (Å²) in [4.78, 5) is 24.6. The van der Waals surface area contributed by atoms with Gasteiger partial charge in [0.25, 0.3) is 0 Å². The van der Waals surface area contributed by atoms with Gasteiger partial charge >= 0.3 is 6.09 Å². The molecule has 1 aromatic rings. The van der Waals surface area contributed by atoms with Crippen molar-refractivity contribution in [3.05, 3.63) is 48.0 Å².